The molecule has 0 radical (unpaired) electrons. The largest absolute Gasteiger partial charge is 0.343 e. The summed E-state index contributed by atoms with van der Waals surface area (Å²) in [6.45, 7) is 0. The maximum Gasteiger partial charge on any atom is 0.272 e. The van der Waals surface area contributed by atoms with Crippen LogP contribution in [0.3, 0.4) is 0 Å². The average Bonchev–Trinajstić information content (AvgIpc) is 2.81. The lowest BCUT2D eigenvalue weighted by atomic mass is 10.3. The van der Waals surface area contributed by atoms with Gasteiger partial charge in [0, 0.05) is 20.3 Å². The second-order valence-corrected chi connectivity index (χ2v) is 3.44. The molecule has 6 nitrogen and oxygen atoms in total. The molecule has 2 heterocycles. The third-order valence-electron chi connectivity index (χ3n) is 2.05. The van der Waals surface area contributed by atoms with Gasteiger partial charge in [0.1, 0.15) is 18.3 Å². The van der Waals surface area contributed by atoms with E-state index in [1.807, 2.05) is 0 Å². The van der Waals surface area contributed by atoms with E-state index in [0.29, 0.717) is 5.69 Å². The van der Waals surface area contributed by atoms with Gasteiger partial charge in [0.25, 0.3) is 5.91 Å². The van der Waals surface area contributed by atoms with Gasteiger partial charge < -0.3 is 4.90 Å². The molecule has 2 rings (SSSR count). The number of hydrogen-bond donors (Lipinski definition) is 0. The van der Waals surface area contributed by atoms with Gasteiger partial charge in [0.05, 0.1) is 5.69 Å². The second-order valence-electron chi connectivity index (χ2n) is 3.44. The number of amides is 1. The third kappa shape index (κ3) is 1.90. The van der Waals surface area contributed by atoms with Crippen LogP contribution < -0.4 is 0 Å². The molecule has 1 amide bonds. The zero-order valence-corrected chi connectivity index (χ0v) is 9.03. The molecule has 0 fully saturated rings. The Labute approximate surface area is 92.6 Å². The van der Waals surface area contributed by atoms with Crippen LogP contribution >= 0.6 is 0 Å². The van der Waals surface area contributed by atoms with Crippen LogP contribution in [0.2, 0.25) is 0 Å². The average molecular weight is 217 g/mol. The van der Waals surface area contributed by atoms with Crippen molar-refractivity contribution in [2.75, 3.05) is 14.1 Å². The summed E-state index contributed by atoms with van der Waals surface area (Å²) in [5, 5.41) is 3.98. The van der Waals surface area contributed by atoms with Crippen LogP contribution in [0, 0.1) is 0 Å². The maximum atomic E-state index is 11.7. The van der Waals surface area contributed by atoms with Crippen molar-refractivity contribution in [2.24, 2.45) is 0 Å². The molecule has 0 aliphatic heterocycles. The number of hydrogen-bond acceptors (Lipinski definition) is 4. The monoisotopic (exact) mass is 217 g/mol. The highest BCUT2D eigenvalue weighted by molar-refractivity contribution is 5.92. The number of nitrogens with zero attached hydrogens (tertiary/aromatic N) is 5. The van der Waals surface area contributed by atoms with E-state index >= 15 is 0 Å². The molecule has 0 atom stereocenters. The minimum atomic E-state index is -0.137. The van der Waals surface area contributed by atoms with Gasteiger partial charge in [-0.2, -0.15) is 5.10 Å². The van der Waals surface area contributed by atoms with Crippen LogP contribution in [0.5, 0.6) is 0 Å². The Hall–Kier alpha value is -2.24. The molecule has 0 aliphatic rings. The molecule has 0 spiro atoms. The summed E-state index contributed by atoms with van der Waals surface area (Å²) in [7, 11) is 3.37. The van der Waals surface area contributed by atoms with Crippen molar-refractivity contribution in [3.8, 4) is 5.69 Å². The fourth-order valence-electron chi connectivity index (χ4n) is 1.25. The highest BCUT2D eigenvalue weighted by Gasteiger charge is 2.10. The van der Waals surface area contributed by atoms with Crippen molar-refractivity contribution in [3.63, 3.8) is 0 Å². The number of carbonyl (C=O) groups excluding carboxylic acids is 1. The van der Waals surface area contributed by atoms with Gasteiger partial charge in [-0.1, -0.05) is 0 Å². The molecule has 0 saturated heterocycles. The Balaban J connectivity index is 2.37. The fraction of sp³-hybridized carbons (Fsp3) is 0.200. The molecule has 2 aromatic heterocycles. The van der Waals surface area contributed by atoms with E-state index < -0.39 is 0 Å². The quantitative estimate of drug-likeness (QED) is 0.728. The van der Waals surface area contributed by atoms with E-state index in [9.17, 15) is 4.79 Å². The molecular weight excluding hydrogens is 206 g/mol. The highest BCUT2D eigenvalue weighted by atomic mass is 16.2. The summed E-state index contributed by atoms with van der Waals surface area (Å²) in [6, 6.07) is 3.44. The van der Waals surface area contributed by atoms with Gasteiger partial charge in [0.2, 0.25) is 0 Å². The molecule has 82 valence electrons. The highest BCUT2D eigenvalue weighted by Crippen LogP contribution is 2.07. The molecule has 0 aliphatic carbocycles. The van der Waals surface area contributed by atoms with E-state index in [-0.39, 0.29) is 5.91 Å². The fourth-order valence-corrected chi connectivity index (χ4v) is 1.25. The second kappa shape index (κ2) is 4.09. The first kappa shape index (κ1) is 10.3. The zero-order chi connectivity index (χ0) is 11.5. The number of aromatic nitrogens is 4. The first-order valence-corrected chi connectivity index (χ1v) is 4.71. The van der Waals surface area contributed by atoms with Gasteiger partial charge in [-0.25, -0.2) is 9.67 Å². The van der Waals surface area contributed by atoms with Crippen molar-refractivity contribution in [2.45, 2.75) is 0 Å². The molecular formula is C10H11N5O. The van der Waals surface area contributed by atoms with E-state index in [4.69, 9.17) is 0 Å². The van der Waals surface area contributed by atoms with Crippen molar-refractivity contribution in [1.82, 2.24) is 24.6 Å². The van der Waals surface area contributed by atoms with Gasteiger partial charge in [0.15, 0.2) is 0 Å². The summed E-state index contributed by atoms with van der Waals surface area (Å²) >= 11 is 0. The normalized spacial score (nSPS) is 10.1. The van der Waals surface area contributed by atoms with Gasteiger partial charge in [-0.05, 0) is 12.1 Å². The first-order valence-electron chi connectivity index (χ1n) is 4.71. The molecule has 16 heavy (non-hydrogen) atoms. The Morgan fingerprint density at radius 3 is 2.88 bits per heavy atom. The van der Waals surface area contributed by atoms with Crippen LogP contribution in [0.25, 0.3) is 5.69 Å². The zero-order valence-electron chi connectivity index (χ0n) is 9.03. The lowest BCUT2D eigenvalue weighted by Gasteiger charge is -2.09. The van der Waals surface area contributed by atoms with Crippen LogP contribution in [-0.2, 0) is 0 Å². The summed E-state index contributed by atoms with van der Waals surface area (Å²) < 4.78 is 1.58. The Morgan fingerprint density at radius 2 is 2.25 bits per heavy atom. The van der Waals surface area contributed by atoms with E-state index in [1.165, 1.54) is 11.2 Å². The van der Waals surface area contributed by atoms with Crippen LogP contribution in [0.4, 0.5) is 0 Å². The van der Waals surface area contributed by atoms with E-state index in [2.05, 4.69) is 15.1 Å². The molecule has 2 aromatic rings. The van der Waals surface area contributed by atoms with Crippen molar-refractivity contribution >= 4 is 5.91 Å². The van der Waals surface area contributed by atoms with E-state index in [1.54, 1.807) is 43.4 Å². The number of pyridine rings is 1. The molecule has 0 aromatic carbocycles. The summed E-state index contributed by atoms with van der Waals surface area (Å²) in [5.41, 5.74) is 1.15. The molecule has 6 heteroatoms. The maximum absolute atomic E-state index is 11.7. The van der Waals surface area contributed by atoms with Crippen LogP contribution in [-0.4, -0.2) is 44.7 Å². The summed E-state index contributed by atoms with van der Waals surface area (Å²) in [5.74, 6) is -0.137. The minimum absolute atomic E-state index is 0.137. The molecule has 0 bridgehead atoms. The Morgan fingerprint density at radius 1 is 1.44 bits per heavy atom. The van der Waals surface area contributed by atoms with Gasteiger partial charge >= 0.3 is 0 Å². The molecule has 0 saturated carbocycles. The van der Waals surface area contributed by atoms with Crippen molar-refractivity contribution in [3.05, 3.63) is 36.7 Å². The van der Waals surface area contributed by atoms with Gasteiger partial charge in [-0.15, -0.1) is 0 Å². The lowest BCUT2D eigenvalue weighted by molar-refractivity contribution is 0.0822. The third-order valence-corrected chi connectivity index (χ3v) is 2.05. The lowest BCUT2D eigenvalue weighted by Crippen LogP contribution is -2.22. The SMILES string of the molecule is CN(C)C(=O)c1cc(-n2cncn2)ccn1. The Bertz CT molecular complexity index is 492. The number of rotatable bonds is 2. The van der Waals surface area contributed by atoms with Crippen LogP contribution in [0.15, 0.2) is 31.0 Å². The summed E-state index contributed by atoms with van der Waals surface area (Å²) in [4.78, 5) is 21.0. The van der Waals surface area contributed by atoms with Crippen LogP contribution in [0.1, 0.15) is 10.5 Å². The Kier molecular flexibility index (Phi) is 2.63. The first-order chi connectivity index (χ1) is 7.68. The minimum Gasteiger partial charge on any atom is -0.343 e. The predicted molar refractivity (Wildman–Crippen MR) is 57.2 cm³/mol. The molecule has 0 unspecified atom stereocenters. The smallest absolute Gasteiger partial charge is 0.272 e. The van der Waals surface area contributed by atoms with Crippen molar-refractivity contribution in [1.29, 1.82) is 0 Å². The van der Waals surface area contributed by atoms with Gasteiger partial charge in [-0.3, -0.25) is 9.78 Å². The standard InChI is InChI=1S/C10H11N5O/c1-14(2)10(16)9-5-8(3-4-12-9)15-7-11-6-13-15/h3-7H,1-2H3. The topological polar surface area (TPSA) is 63.9 Å². The van der Waals surface area contributed by atoms with E-state index in [0.717, 1.165) is 5.69 Å². The molecule has 0 N–H and O–H groups in total. The van der Waals surface area contributed by atoms with Crippen molar-refractivity contribution < 1.29 is 4.79 Å². The predicted octanol–water partition coefficient (Wildman–Crippen LogP) is 0.364. The summed E-state index contributed by atoms with van der Waals surface area (Å²) in [6.07, 6.45) is 4.58. The number of carbonyl (C=O) groups is 1.